The number of nitrogens with one attached hydrogen (secondary N) is 1. The Labute approximate surface area is 115 Å². The normalized spacial score (nSPS) is 11.9. The molecule has 5 heteroatoms. The van der Waals surface area contributed by atoms with Gasteiger partial charge >= 0.3 is 0 Å². The summed E-state index contributed by atoms with van der Waals surface area (Å²) in [6.45, 7) is 3.40. The highest BCUT2D eigenvalue weighted by molar-refractivity contribution is 7.15. The summed E-state index contributed by atoms with van der Waals surface area (Å²) in [5, 5.41) is 2.90. The first-order chi connectivity index (χ1) is 9.08. The van der Waals surface area contributed by atoms with Gasteiger partial charge in [-0.25, -0.2) is 0 Å². The minimum atomic E-state index is -0.165. The summed E-state index contributed by atoms with van der Waals surface area (Å²) < 4.78 is 0. The van der Waals surface area contributed by atoms with Crippen molar-refractivity contribution < 1.29 is 9.59 Å². The summed E-state index contributed by atoms with van der Waals surface area (Å²) in [6, 6.07) is 6.98. The van der Waals surface area contributed by atoms with Gasteiger partial charge in [-0.15, -0.1) is 11.3 Å². The molecule has 98 valence electrons. The van der Waals surface area contributed by atoms with Gasteiger partial charge in [-0.05, 0) is 43.7 Å². The number of carbonyl (C=O) groups is 2. The van der Waals surface area contributed by atoms with E-state index in [4.69, 9.17) is 0 Å². The fourth-order valence-corrected chi connectivity index (χ4v) is 2.46. The summed E-state index contributed by atoms with van der Waals surface area (Å²) in [5.74, 6) is -0.187. The molecule has 0 radical (unpaired) electrons. The molecule has 0 bridgehead atoms. The van der Waals surface area contributed by atoms with Crippen LogP contribution in [0.15, 0.2) is 36.7 Å². The minimum absolute atomic E-state index is 0.0220. The number of carbonyl (C=O) groups excluding carboxylic acids is 2. The van der Waals surface area contributed by atoms with E-state index in [2.05, 4.69) is 10.3 Å². The molecule has 0 saturated carbocycles. The molecule has 4 nitrogen and oxygen atoms in total. The van der Waals surface area contributed by atoms with E-state index in [-0.39, 0.29) is 17.7 Å². The highest BCUT2D eigenvalue weighted by atomic mass is 32.1. The van der Waals surface area contributed by atoms with E-state index in [0.29, 0.717) is 9.75 Å². The first-order valence-electron chi connectivity index (χ1n) is 5.89. The lowest BCUT2D eigenvalue weighted by molar-refractivity contribution is 0.0943. The Hall–Kier alpha value is -2.01. The number of nitrogens with zero attached hydrogens (tertiary/aromatic N) is 1. The van der Waals surface area contributed by atoms with E-state index in [1.165, 1.54) is 18.3 Å². The molecule has 0 fully saturated rings. The summed E-state index contributed by atoms with van der Waals surface area (Å²) in [6.07, 6.45) is 3.38. The van der Waals surface area contributed by atoms with Gasteiger partial charge in [-0.2, -0.15) is 0 Å². The van der Waals surface area contributed by atoms with Crippen molar-refractivity contribution in [1.29, 1.82) is 0 Å². The largest absolute Gasteiger partial charge is 0.345 e. The van der Waals surface area contributed by atoms with Crippen LogP contribution >= 0.6 is 11.3 Å². The van der Waals surface area contributed by atoms with Gasteiger partial charge in [0, 0.05) is 12.4 Å². The first-order valence-corrected chi connectivity index (χ1v) is 6.71. The average Bonchev–Trinajstić information content (AvgIpc) is 2.89. The lowest BCUT2D eigenvalue weighted by Crippen LogP contribution is -2.25. The van der Waals surface area contributed by atoms with Crippen molar-refractivity contribution >= 4 is 23.0 Å². The van der Waals surface area contributed by atoms with Crippen LogP contribution in [0.3, 0.4) is 0 Å². The minimum Gasteiger partial charge on any atom is -0.345 e. The number of rotatable bonds is 4. The predicted molar refractivity (Wildman–Crippen MR) is 74.4 cm³/mol. The Kier molecular flexibility index (Phi) is 4.06. The average molecular weight is 274 g/mol. The highest BCUT2D eigenvalue weighted by Gasteiger charge is 2.14. The zero-order valence-corrected chi connectivity index (χ0v) is 11.5. The molecule has 1 unspecified atom stereocenters. The van der Waals surface area contributed by atoms with Gasteiger partial charge in [0.15, 0.2) is 5.78 Å². The molecule has 0 saturated heterocycles. The van der Waals surface area contributed by atoms with Gasteiger partial charge in [-0.3, -0.25) is 14.6 Å². The molecule has 1 amide bonds. The van der Waals surface area contributed by atoms with Crippen molar-refractivity contribution in [2.45, 2.75) is 19.9 Å². The lowest BCUT2D eigenvalue weighted by Gasteiger charge is -2.13. The Balaban J connectivity index is 2.06. The molecule has 0 aliphatic rings. The van der Waals surface area contributed by atoms with Crippen LogP contribution in [-0.4, -0.2) is 16.7 Å². The first kappa shape index (κ1) is 13.4. The van der Waals surface area contributed by atoms with Crippen LogP contribution in [0.4, 0.5) is 0 Å². The van der Waals surface area contributed by atoms with Gasteiger partial charge < -0.3 is 5.32 Å². The van der Waals surface area contributed by atoms with Crippen LogP contribution in [0.2, 0.25) is 0 Å². The van der Waals surface area contributed by atoms with E-state index < -0.39 is 0 Å². The third kappa shape index (κ3) is 3.26. The summed E-state index contributed by atoms with van der Waals surface area (Å²) >= 11 is 1.21. The Bertz CT molecular complexity index is 593. The number of hydrogen-bond donors (Lipinski definition) is 1. The number of aromatic nitrogens is 1. The molecular formula is C14H14N2O2S. The van der Waals surface area contributed by atoms with Gasteiger partial charge in [0.05, 0.1) is 15.8 Å². The molecule has 2 aromatic heterocycles. The molecule has 1 atom stereocenters. The second-order valence-corrected chi connectivity index (χ2v) is 5.28. The fourth-order valence-electron chi connectivity index (χ4n) is 1.65. The number of amides is 1. The standard InChI is InChI=1S/C14H14N2O2S/c1-9(11-5-7-15-8-6-11)16-14(18)13-4-3-12(19-13)10(2)17/h3-9H,1-2H3,(H,16,18). The molecule has 2 aromatic rings. The van der Waals surface area contributed by atoms with Crippen LogP contribution in [0.25, 0.3) is 0 Å². The van der Waals surface area contributed by atoms with E-state index >= 15 is 0 Å². The third-order valence-corrected chi connectivity index (χ3v) is 3.92. The molecule has 0 aromatic carbocycles. The van der Waals surface area contributed by atoms with Crippen molar-refractivity contribution in [3.8, 4) is 0 Å². The van der Waals surface area contributed by atoms with E-state index in [1.807, 2.05) is 19.1 Å². The van der Waals surface area contributed by atoms with Crippen LogP contribution in [0.5, 0.6) is 0 Å². The smallest absolute Gasteiger partial charge is 0.261 e. The monoisotopic (exact) mass is 274 g/mol. The molecule has 19 heavy (non-hydrogen) atoms. The van der Waals surface area contributed by atoms with Gasteiger partial charge in [0.1, 0.15) is 0 Å². The van der Waals surface area contributed by atoms with Gasteiger partial charge in [-0.1, -0.05) is 0 Å². The Morgan fingerprint density at radius 1 is 1.16 bits per heavy atom. The maximum atomic E-state index is 12.0. The molecule has 0 spiro atoms. The number of ketones is 1. The van der Waals surface area contributed by atoms with E-state index in [9.17, 15) is 9.59 Å². The van der Waals surface area contributed by atoms with Crippen LogP contribution < -0.4 is 5.32 Å². The molecule has 2 rings (SSSR count). The van der Waals surface area contributed by atoms with Crippen molar-refractivity contribution in [3.63, 3.8) is 0 Å². The van der Waals surface area contributed by atoms with Crippen LogP contribution in [0.1, 0.15) is 44.8 Å². The summed E-state index contributed by atoms with van der Waals surface area (Å²) in [7, 11) is 0. The highest BCUT2D eigenvalue weighted by Crippen LogP contribution is 2.18. The molecule has 0 aliphatic heterocycles. The number of hydrogen-bond acceptors (Lipinski definition) is 4. The van der Waals surface area contributed by atoms with Gasteiger partial charge in [0.25, 0.3) is 5.91 Å². The number of thiophene rings is 1. The second-order valence-electron chi connectivity index (χ2n) is 4.20. The van der Waals surface area contributed by atoms with Crippen molar-refractivity contribution in [1.82, 2.24) is 10.3 Å². The second kappa shape index (κ2) is 5.75. The van der Waals surface area contributed by atoms with Gasteiger partial charge in [0.2, 0.25) is 0 Å². The Morgan fingerprint density at radius 2 is 1.79 bits per heavy atom. The fraction of sp³-hybridized carbons (Fsp3) is 0.214. The van der Waals surface area contributed by atoms with Crippen molar-refractivity contribution in [3.05, 3.63) is 52.0 Å². The maximum absolute atomic E-state index is 12.0. The topological polar surface area (TPSA) is 59.1 Å². The van der Waals surface area contributed by atoms with Crippen molar-refractivity contribution in [2.24, 2.45) is 0 Å². The summed E-state index contributed by atoms with van der Waals surface area (Å²) in [5.41, 5.74) is 0.992. The van der Waals surface area contributed by atoms with E-state index in [1.54, 1.807) is 24.5 Å². The third-order valence-electron chi connectivity index (χ3n) is 2.73. The lowest BCUT2D eigenvalue weighted by atomic mass is 10.1. The predicted octanol–water partition coefficient (Wildman–Crippen LogP) is 2.84. The zero-order chi connectivity index (χ0) is 13.8. The maximum Gasteiger partial charge on any atom is 0.261 e. The van der Waals surface area contributed by atoms with Crippen molar-refractivity contribution in [2.75, 3.05) is 0 Å². The number of Topliss-reactive ketones (excluding diaryl/α,β-unsaturated/α-hetero) is 1. The van der Waals surface area contributed by atoms with Crippen LogP contribution in [-0.2, 0) is 0 Å². The van der Waals surface area contributed by atoms with Crippen LogP contribution in [0, 0.1) is 0 Å². The quantitative estimate of drug-likeness (QED) is 0.872. The zero-order valence-electron chi connectivity index (χ0n) is 10.7. The summed E-state index contributed by atoms with van der Waals surface area (Å²) in [4.78, 5) is 28.3. The van der Waals surface area contributed by atoms with E-state index in [0.717, 1.165) is 5.56 Å². The Morgan fingerprint density at radius 3 is 2.37 bits per heavy atom. The number of pyridine rings is 1. The molecule has 1 N–H and O–H groups in total. The molecular weight excluding hydrogens is 260 g/mol. The SMILES string of the molecule is CC(=O)c1ccc(C(=O)NC(C)c2ccncc2)s1. The molecule has 0 aliphatic carbocycles. The molecule has 2 heterocycles.